The van der Waals surface area contributed by atoms with Crippen molar-refractivity contribution in [2.45, 2.75) is 32.7 Å². The molecule has 0 spiro atoms. The van der Waals surface area contributed by atoms with Crippen molar-refractivity contribution in [2.24, 2.45) is 0 Å². The van der Waals surface area contributed by atoms with E-state index in [1.165, 1.54) is 18.2 Å². The van der Waals surface area contributed by atoms with Crippen molar-refractivity contribution in [1.29, 1.82) is 0 Å². The number of urea groups is 1. The topological polar surface area (TPSA) is 87.7 Å². The summed E-state index contributed by atoms with van der Waals surface area (Å²) in [5, 5.41) is 11.0. The lowest BCUT2D eigenvalue weighted by Crippen LogP contribution is -2.45. The highest BCUT2D eigenvalue weighted by Gasteiger charge is 2.12. The summed E-state index contributed by atoms with van der Waals surface area (Å²) in [6.07, 6.45) is 0.112. The molecule has 140 valence electrons. The summed E-state index contributed by atoms with van der Waals surface area (Å²) in [5.41, 5.74) is 5.63. The second-order valence-corrected chi connectivity index (χ2v) is 6.64. The Bertz CT molecular complexity index is 671. The van der Waals surface area contributed by atoms with Crippen LogP contribution in [0, 0.1) is 0 Å². The van der Waals surface area contributed by atoms with Crippen LogP contribution >= 0.6 is 0 Å². The van der Waals surface area contributed by atoms with Gasteiger partial charge >= 0.3 is 12.0 Å². The zero-order chi connectivity index (χ0) is 19.6. The van der Waals surface area contributed by atoms with Crippen LogP contribution in [-0.2, 0) is 16.1 Å². The Hall–Kier alpha value is -2.86. The van der Waals surface area contributed by atoms with Gasteiger partial charge in [0.05, 0.1) is 13.5 Å². The third-order valence-electron chi connectivity index (χ3n) is 3.10. The van der Waals surface area contributed by atoms with E-state index < -0.39 is 5.97 Å². The average Bonchev–Trinajstić information content (AvgIpc) is 2.51. The number of hydroxylamine groups is 1. The van der Waals surface area contributed by atoms with E-state index in [0.29, 0.717) is 0 Å². The molecule has 0 saturated heterocycles. The maximum absolute atomic E-state index is 10.7. The average molecular weight is 358 g/mol. The van der Waals surface area contributed by atoms with Crippen molar-refractivity contribution >= 4 is 12.0 Å². The first-order chi connectivity index (χ1) is 12.2. The normalized spacial score (nSPS) is 10.3. The van der Waals surface area contributed by atoms with Crippen LogP contribution in [0.25, 0.3) is 11.1 Å². The lowest BCUT2D eigenvalue weighted by atomic mass is 9.95. The molecule has 0 fully saturated rings. The van der Waals surface area contributed by atoms with Crippen molar-refractivity contribution in [1.82, 2.24) is 10.8 Å². The summed E-state index contributed by atoms with van der Waals surface area (Å²) in [6, 6.07) is 17.3. The number of amides is 2. The van der Waals surface area contributed by atoms with Crippen molar-refractivity contribution in [3.05, 3.63) is 60.2 Å². The second-order valence-electron chi connectivity index (χ2n) is 6.64. The molecule has 0 saturated carbocycles. The van der Waals surface area contributed by atoms with Gasteiger partial charge in [-0.15, -0.1) is 0 Å². The van der Waals surface area contributed by atoms with Crippen LogP contribution < -0.4 is 10.8 Å². The van der Waals surface area contributed by atoms with E-state index in [1.807, 2.05) is 39.0 Å². The van der Waals surface area contributed by atoms with Crippen molar-refractivity contribution in [2.75, 3.05) is 7.11 Å². The summed E-state index contributed by atoms with van der Waals surface area (Å²) in [7, 11) is 1.39. The first-order valence-corrected chi connectivity index (χ1v) is 8.18. The van der Waals surface area contributed by atoms with Crippen LogP contribution in [0.15, 0.2) is 54.6 Å². The Morgan fingerprint density at radius 2 is 1.46 bits per heavy atom. The lowest BCUT2D eigenvalue weighted by Gasteiger charge is -2.19. The van der Waals surface area contributed by atoms with Crippen molar-refractivity contribution < 1.29 is 19.5 Å². The van der Waals surface area contributed by atoms with Crippen LogP contribution in [-0.4, -0.2) is 29.8 Å². The molecule has 2 aliphatic carbocycles. The quantitative estimate of drug-likeness (QED) is 0.624. The van der Waals surface area contributed by atoms with E-state index >= 15 is 0 Å². The fourth-order valence-electron chi connectivity index (χ4n) is 1.89. The largest absolute Gasteiger partial charge is 0.481 e. The number of rotatable bonds is 3. The minimum atomic E-state index is -0.786. The highest BCUT2D eigenvalue weighted by molar-refractivity contribution is 5.75. The molecule has 26 heavy (non-hydrogen) atoms. The number of carbonyl (C=O) groups is 2. The highest BCUT2D eigenvalue weighted by Crippen LogP contribution is 2.29. The number of benzene rings is 2. The molecule has 0 heterocycles. The molecule has 3 rings (SSSR count). The molecule has 6 heteroatoms. The SMILES string of the molecule is CONC(=O)NC(C)(C)C.O=C(O)Cc1ccccc1.c1cc2ccc1-2. The summed E-state index contributed by atoms with van der Waals surface area (Å²) in [6.45, 7) is 5.67. The fraction of sp³-hybridized carbons (Fsp3) is 0.300. The van der Waals surface area contributed by atoms with Gasteiger partial charge in [0.15, 0.2) is 0 Å². The van der Waals surface area contributed by atoms with Gasteiger partial charge in [-0.05, 0) is 37.5 Å². The van der Waals surface area contributed by atoms with E-state index in [9.17, 15) is 9.59 Å². The second kappa shape index (κ2) is 10.2. The van der Waals surface area contributed by atoms with E-state index in [-0.39, 0.29) is 18.0 Å². The standard InChI is InChI=1S/C8H8O2.C6H14N2O2.C6H4/c9-8(10)6-7-4-2-1-3-5-7;1-6(2,3)7-5(9)8-10-4;1-2-6-4-3-5(1)6/h1-5H,6H2,(H,9,10);1-4H3,(H2,7,8,9);1-4H. The maximum Gasteiger partial charge on any atom is 0.339 e. The Kier molecular flexibility index (Phi) is 8.31. The molecule has 2 amide bonds. The number of carbonyl (C=O) groups excluding carboxylic acids is 1. The van der Waals surface area contributed by atoms with Crippen molar-refractivity contribution in [3.8, 4) is 11.1 Å². The number of carboxylic acid groups (broad SMARTS) is 1. The minimum absolute atomic E-state index is 0.112. The number of nitrogens with one attached hydrogen (secondary N) is 2. The highest BCUT2D eigenvalue weighted by atomic mass is 16.6. The Morgan fingerprint density at radius 3 is 1.77 bits per heavy atom. The van der Waals surface area contributed by atoms with Crippen LogP contribution in [0.5, 0.6) is 0 Å². The predicted molar refractivity (Wildman–Crippen MR) is 102 cm³/mol. The van der Waals surface area contributed by atoms with Gasteiger partial charge in [-0.1, -0.05) is 54.6 Å². The smallest absolute Gasteiger partial charge is 0.339 e. The molecular formula is C20H26N2O4. The number of carboxylic acids is 1. The minimum Gasteiger partial charge on any atom is -0.481 e. The molecule has 6 nitrogen and oxygen atoms in total. The van der Waals surface area contributed by atoms with Crippen LogP contribution in [0.3, 0.4) is 0 Å². The molecule has 0 unspecified atom stereocenters. The van der Waals surface area contributed by atoms with Gasteiger partial charge < -0.3 is 10.4 Å². The number of hydrogen-bond acceptors (Lipinski definition) is 3. The van der Waals surface area contributed by atoms with Gasteiger partial charge in [-0.3, -0.25) is 9.63 Å². The first kappa shape index (κ1) is 21.2. The summed E-state index contributed by atoms with van der Waals surface area (Å²) in [4.78, 5) is 25.3. The molecule has 0 aromatic heterocycles. The van der Waals surface area contributed by atoms with Gasteiger partial charge in [0.25, 0.3) is 0 Å². The number of hydrogen-bond donors (Lipinski definition) is 3. The van der Waals surface area contributed by atoms with Crippen molar-refractivity contribution in [3.63, 3.8) is 0 Å². The molecule has 0 radical (unpaired) electrons. The van der Waals surface area contributed by atoms with Gasteiger partial charge in [0.1, 0.15) is 0 Å². The molecule has 0 aliphatic heterocycles. The molecule has 2 aliphatic rings. The molecule has 1 aromatic rings. The Balaban J connectivity index is 0.000000200. The Labute approximate surface area is 154 Å². The third-order valence-corrected chi connectivity index (χ3v) is 3.10. The summed E-state index contributed by atoms with van der Waals surface area (Å²) in [5.74, 6) is -0.786. The molecule has 0 atom stereocenters. The van der Waals surface area contributed by atoms with Gasteiger partial charge in [0.2, 0.25) is 0 Å². The lowest BCUT2D eigenvalue weighted by molar-refractivity contribution is -0.136. The summed E-state index contributed by atoms with van der Waals surface area (Å²) < 4.78 is 0. The van der Waals surface area contributed by atoms with E-state index in [1.54, 1.807) is 12.1 Å². The predicted octanol–water partition coefficient (Wildman–Crippen LogP) is 3.63. The maximum atomic E-state index is 10.7. The van der Waals surface area contributed by atoms with Crippen LogP contribution in [0.2, 0.25) is 0 Å². The third kappa shape index (κ3) is 8.84. The van der Waals surface area contributed by atoms with E-state index in [4.69, 9.17) is 5.11 Å². The van der Waals surface area contributed by atoms with Crippen LogP contribution in [0.4, 0.5) is 4.79 Å². The van der Waals surface area contributed by atoms with Crippen LogP contribution in [0.1, 0.15) is 26.3 Å². The fourth-order valence-corrected chi connectivity index (χ4v) is 1.89. The molecule has 3 N–H and O–H groups in total. The van der Waals surface area contributed by atoms with Gasteiger partial charge in [0, 0.05) is 5.54 Å². The van der Waals surface area contributed by atoms with Gasteiger partial charge in [-0.2, -0.15) is 0 Å². The first-order valence-electron chi connectivity index (χ1n) is 8.18. The van der Waals surface area contributed by atoms with E-state index in [2.05, 4.69) is 39.9 Å². The number of fused-ring (bicyclic) bond motifs is 1. The molecule has 1 aromatic carbocycles. The van der Waals surface area contributed by atoms with Gasteiger partial charge in [-0.25, -0.2) is 10.3 Å². The zero-order valence-corrected chi connectivity index (χ0v) is 15.6. The molecular weight excluding hydrogens is 332 g/mol. The zero-order valence-electron chi connectivity index (χ0n) is 15.6. The number of aliphatic carboxylic acids is 1. The Morgan fingerprint density at radius 1 is 0.962 bits per heavy atom. The molecule has 0 bridgehead atoms. The summed E-state index contributed by atoms with van der Waals surface area (Å²) >= 11 is 0. The monoisotopic (exact) mass is 358 g/mol. The van der Waals surface area contributed by atoms with E-state index in [0.717, 1.165) is 5.56 Å².